The molecule has 0 aliphatic heterocycles. The number of likely N-dealkylation sites (N-methyl/N-ethyl adjacent to an activating group) is 2. The lowest BCUT2D eigenvalue weighted by Gasteiger charge is -2.21. The average molecular weight is 356 g/mol. The number of carbonyl (C=O) groups is 1. The lowest BCUT2D eigenvalue weighted by atomic mass is 10.0. The third-order valence-corrected chi connectivity index (χ3v) is 4.22. The van der Waals surface area contributed by atoms with Crippen molar-refractivity contribution in [1.29, 1.82) is 0 Å². The van der Waals surface area contributed by atoms with E-state index in [0.717, 1.165) is 11.4 Å². The Bertz CT molecular complexity index is 648. The molecule has 0 aromatic heterocycles. The van der Waals surface area contributed by atoms with Gasteiger partial charge in [0.15, 0.2) is 5.78 Å². The van der Waals surface area contributed by atoms with Crippen molar-refractivity contribution in [3.8, 4) is 0 Å². The monoisotopic (exact) mass is 356 g/mol. The van der Waals surface area contributed by atoms with Crippen LogP contribution in [0.15, 0.2) is 48.5 Å². The molecule has 0 saturated carbocycles. The molecule has 5 nitrogen and oxygen atoms in total. The van der Waals surface area contributed by atoms with Crippen LogP contribution < -0.4 is 9.80 Å². The average Bonchev–Trinajstić information content (AvgIpc) is 2.60. The predicted octanol–water partition coefficient (Wildman–Crippen LogP) is 2.55. The van der Waals surface area contributed by atoms with Gasteiger partial charge in [0.2, 0.25) is 0 Å². The van der Waals surface area contributed by atoms with E-state index in [9.17, 15) is 15.0 Å². The molecule has 2 aromatic rings. The van der Waals surface area contributed by atoms with E-state index < -0.39 is 12.2 Å². The first-order chi connectivity index (χ1) is 12.3. The fraction of sp³-hybridized carbons (Fsp3) is 0.381. The van der Waals surface area contributed by atoms with Crippen LogP contribution in [0, 0.1) is 0 Å². The highest BCUT2D eigenvalue weighted by atomic mass is 16.3. The highest BCUT2D eigenvalue weighted by Gasteiger charge is 2.11. The third-order valence-electron chi connectivity index (χ3n) is 4.22. The van der Waals surface area contributed by atoms with Gasteiger partial charge in [-0.05, 0) is 62.4 Å². The Morgan fingerprint density at radius 2 is 1.08 bits per heavy atom. The first kappa shape index (κ1) is 19.9. The second-order valence-electron chi connectivity index (χ2n) is 6.88. The first-order valence-electron chi connectivity index (χ1n) is 8.81. The number of rotatable bonds is 8. The van der Waals surface area contributed by atoms with Gasteiger partial charge in [-0.15, -0.1) is 0 Å². The summed E-state index contributed by atoms with van der Waals surface area (Å²) in [5.41, 5.74) is 3.17. The van der Waals surface area contributed by atoms with E-state index in [1.165, 1.54) is 0 Å². The van der Waals surface area contributed by atoms with Gasteiger partial charge in [0.25, 0.3) is 0 Å². The molecule has 2 aromatic carbocycles. The second-order valence-corrected chi connectivity index (χ2v) is 6.88. The van der Waals surface area contributed by atoms with Crippen LogP contribution in [0.2, 0.25) is 0 Å². The van der Waals surface area contributed by atoms with Crippen molar-refractivity contribution < 1.29 is 15.0 Å². The van der Waals surface area contributed by atoms with E-state index >= 15 is 0 Å². The number of nitrogens with zero attached hydrogens (tertiary/aromatic N) is 2. The summed E-state index contributed by atoms with van der Waals surface area (Å²) < 4.78 is 0. The van der Waals surface area contributed by atoms with E-state index in [0.29, 0.717) is 24.2 Å². The summed E-state index contributed by atoms with van der Waals surface area (Å²) >= 11 is 0. The van der Waals surface area contributed by atoms with Crippen molar-refractivity contribution in [3.05, 3.63) is 59.7 Å². The van der Waals surface area contributed by atoms with Crippen molar-refractivity contribution >= 4 is 17.2 Å². The number of aliphatic hydroxyl groups excluding tert-OH is 2. The maximum Gasteiger partial charge on any atom is 0.193 e. The molecular weight excluding hydrogens is 328 g/mol. The predicted molar refractivity (Wildman–Crippen MR) is 106 cm³/mol. The molecule has 5 heteroatoms. The molecule has 0 fully saturated rings. The molecule has 26 heavy (non-hydrogen) atoms. The molecule has 0 spiro atoms. The summed E-state index contributed by atoms with van der Waals surface area (Å²) in [5, 5.41) is 18.9. The Morgan fingerprint density at radius 1 is 0.769 bits per heavy atom. The van der Waals surface area contributed by atoms with Crippen LogP contribution in [-0.4, -0.2) is 55.4 Å². The summed E-state index contributed by atoms with van der Waals surface area (Å²) in [6, 6.07) is 14.8. The summed E-state index contributed by atoms with van der Waals surface area (Å²) in [5.74, 6) is -0.0283. The summed E-state index contributed by atoms with van der Waals surface area (Å²) in [6.45, 7) is 4.57. The molecular formula is C21H28N2O3. The maximum atomic E-state index is 12.7. The summed E-state index contributed by atoms with van der Waals surface area (Å²) in [4.78, 5) is 16.6. The van der Waals surface area contributed by atoms with Gasteiger partial charge in [0.05, 0.1) is 12.2 Å². The van der Waals surface area contributed by atoms with Gasteiger partial charge in [0, 0.05) is 49.7 Å². The van der Waals surface area contributed by atoms with E-state index in [1.54, 1.807) is 13.8 Å². The minimum atomic E-state index is -0.410. The quantitative estimate of drug-likeness (QED) is 0.712. The molecule has 2 N–H and O–H groups in total. The van der Waals surface area contributed by atoms with Gasteiger partial charge in [-0.25, -0.2) is 0 Å². The van der Waals surface area contributed by atoms with E-state index in [2.05, 4.69) is 0 Å². The Hall–Kier alpha value is -2.37. The molecule has 0 bridgehead atoms. The van der Waals surface area contributed by atoms with Crippen molar-refractivity contribution in [2.24, 2.45) is 0 Å². The standard InChI is InChI=1S/C21H28N2O3/c1-15(24)13-22(3)19-9-5-17(6-10-19)21(26)18-7-11-20(12-8-18)23(4)14-16(2)25/h5-12,15-16,24-25H,13-14H2,1-4H3. The molecule has 2 atom stereocenters. The van der Waals surface area contributed by atoms with Crippen LogP contribution in [0.5, 0.6) is 0 Å². The number of hydrogen-bond acceptors (Lipinski definition) is 5. The van der Waals surface area contributed by atoms with Crippen molar-refractivity contribution in [2.75, 3.05) is 37.0 Å². The van der Waals surface area contributed by atoms with Gasteiger partial charge < -0.3 is 20.0 Å². The number of benzene rings is 2. The molecule has 2 unspecified atom stereocenters. The fourth-order valence-corrected chi connectivity index (χ4v) is 2.90. The van der Waals surface area contributed by atoms with Gasteiger partial charge >= 0.3 is 0 Å². The Kier molecular flexibility index (Phi) is 6.77. The molecule has 0 aliphatic rings. The largest absolute Gasteiger partial charge is 0.392 e. The van der Waals surface area contributed by atoms with Gasteiger partial charge in [-0.3, -0.25) is 4.79 Å². The number of ketones is 1. The minimum absolute atomic E-state index is 0.0283. The van der Waals surface area contributed by atoms with E-state index in [-0.39, 0.29) is 5.78 Å². The topological polar surface area (TPSA) is 64.0 Å². The van der Waals surface area contributed by atoms with Crippen LogP contribution in [0.3, 0.4) is 0 Å². The third kappa shape index (κ3) is 5.31. The first-order valence-corrected chi connectivity index (χ1v) is 8.81. The van der Waals surface area contributed by atoms with E-state index in [1.807, 2.05) is 72.4 Å². The molecule has 140 valence electrons. The number of aliphatic hydroxyl groups is 2. The van der Waals surface area contributed by atoms with Crippen LogP contribution in [0.4, 0.5) is 11.4 Å². The summed E-state index contributed by atoms with van der Waals surface area (Å²) in [6.07, 6.45) is -0.821. The normalized spacial score (nSPS) is 13.2. The van der Waals surface area contributed by atoms with Crippen molar-refractivity contribution in [3.63, 3.8) is 0 Å². The number of hydrogen-bond donors (Lipinski definition) is 2. The highest BCUT2D eigenvalue weighted by Crippen LogP contribution is 2.19. The van der Waals surface area contributed by atoms with E-state index in [4.69, 9.17) is 0 Å². The van der Waals surface area contributed by atoms with Crippen molar-refractivity contribution in [2.45, 2.75) is 26.1 Å². The Labute approximate surface area is 155 Å². The molecule has 0 radical (unpaired) electrons. The second kappa shape index (κ2) is 8.83. The number of carbonyl (C=O) groups excluding carboxylic acids is 1. The molecule has 0 heterocycles. The Morgan fingerprint density at radius 3 is 1.35 bits per heavy atom. The fourth-order valence-electron chi connectivity index (χ4n) is 2.90. The number of anilines is 2. The van der Waals surface area contributed by atoms with Crippen LogP contribution in [-0.2, 0) is 0 Å². The van der Waals surface area contributed by atoms with Crippen LogP contribution >= 0.6 is 0 Å². The molecule has 0 amide bonds. The molecule has 2 rings (SSSR count). The van der Waals surface area contributed by atoms with Crippen LogP contribution in [0.25, 0.3) is 0 Å². The lowest BCUT2D eigenvalue weighted by Crippen LogP contribution is -2.26. The van der Waals surface area contributed by atoms with Crippen molar-refractivity contribution in [1.82, 2.24) is 0 Å². The van der Waals surface area contributed by atoms with Gasteiger partial charge in [-0.1, -0.05) is 0 Å². The SMILES string of the molecule is CC(O)CN(C)c1ccc(C(=O)c2ccc(N(C)CC(C)O)cc2)cc1. The minimum Gasteiger partial charge on any atom is -0.392 e. The van der Waals surface area contributed by atoms with Crippen LogP contribution in [0.1, 0.15) is 29.8 Å². The smallest absolute Gasteiger partial charge is 0.193 e. The lowest BCUT2D eigenvalue weighted by molar-refractivity contribution is 0.103. The maximum absolute atomic E-state index is 12.7. The van der Waals surface area contributed by atoms with Gasteiger partial charge in [-0.2, -0.15) is 0 Å². The summed E-state index contributed by atoms with van der Waals surface area (Å²) in [7, 11) is 3.82. The molecule has 0 aliphatic carbocycles. The Balaban J connectivity index is 2.09. The zero-order valence-corrected chi connectivity index (χ0v) is 15.9. The zero-order chi connectivity index (χ0) is 19.3. The molecule has 0 saturated heterocycles. The zero-order valence-electron chi connectivity index (χ0n) is 15.9. The van der Waals surface area contributed by atoms with Gasteiger partial charge in [0.1, 0.15) is 0 Å². The highest BCUT2D eigenvalue weighted by molar-refractivity contribution is 6.09.